The SMILES string of the molecule is COc1ccc2c(c1)C(=O)N(C[C@@]1(C#Cc3ccc(C#N)s3)NC(=O)NC1=O)C2.COc1ccc2c(c1)C(=O)N(C[C@@]1(C#Cc3ccc(C(=O)NC4CC4)cc3)NC(=O)NC1=O)C2.COc1ccc2c(c1)C(=O)N(C[C@@]1(C#Cc3cncc(O)c3)NC(=O)NC1=O)C2.COc1ccc2c(c1)C(=O)N(C[C@]1(C#Cc3cncc(O)c3)NC(=O)NC1=O)C2. The van der Waals surface area contributed by atoms with Crippen molar-refractivity contribution in [1.29, 1.82) is 5.26 Å². The second kappa shape index (κ2) is 33.5. The van der Waals surface area contributed by atoms with E-state index in [1.54, 1.807) is 109 Å². The van der Waals surface area contributed by atoms with E-state index in [4.69, 9.17) is 24.2 Å². The van der Waals surface area contributed by atoms with Crippen molar-refractivity contribution < 1.29 is 91.5 Å². The average molecular weight is 1650 g/mol. The number of nitriles is 1. The largest absolute Gasteiger partial charge is 0.506 e. The number of nitrogens with zero attached hydrogens (tertiary/aromatic N) is 7. The van der Waals surface area contributed by atoms with Crippen LogP contribution in [0.2, 0.25) is 0 Å². The lowest BCUT2D eigenvalue weighted by molar-refractivity contribution is -0.123. The first-order valence-corrected chi connectivity index (χ1v) is 37.6. The summed E-state index contributed by atoms with van der Waals surface area (Å²) in [5.41, 5.74) is 0.543. The Balaban J connectivity index is 0.000000132. The van der Waals surface area contributed by atoms with E-state index in [0.29, 0.717) is 83.8 Å². The molecule has 1 saturated carbocycles. The summed E-state index contributed by atoms with van der Waals surface area (Å²) in [6.45, 7) is 0.632. The van der Waals surface area contributed by atoms with Gasteiger partial charge in [0.2, 0.25) is 22.2 Å². The molecule has 121 heavy (non-hydrogen) atoms. The van der Waals surface area contributed by atoms with Gasteiger partial charge in [0, 0.05) is 89.1 Å². The van der Waals surface area contributed by atoms with Gasteiger partial charge in [0.05, 0.1) is 71.9 Å². The molecule has 11 N–H and O–H groups in total. The van der Waals surface area contributed by atoms with Crippen molar-refractivity contribution in [2.45, 2.75) is 67.2 Å². The Kier molecular flexibility index (Phi) is 22.5. The lowest BCUT2D eigenvalue weighted by Gasteiger charge is -2.26. The first-order valence-electron chi connectivity index (χ1n) is 36.8. The number of carbonyl (C=O) groups excluding carboxylic acids is 13. The van der Waals surface area contributed by atoms with Crippen molar-refractivity contribution in [3.05, 3.63) is 223 Å². The van der Waals surface area contributed by atoms with Gasteiger partial charge in [-0.05, 0) is 132 Å². The van der Waals surface area contributed by atoms with Gasteiger partial charge in [0.1, 0.15) is 45.4 Å². The molecule has 4 saturated heterocycles. The van der Waals surface area contributed by atoms with Gasteiger partial charge in [-0.1, -0.05) is 71.6 Å². The molecule has 5 fully saturated rings. The van der Waals surface area contributed by atoms with Crippen molar-refractivity contribution in [3.8, 4) is 87.9 Å². The van der Waals surface area contributed by atoms with E-state index in [0.717, 1.165) is 35.1 Å². The third kappa shape index (κ3) is 17.5. The van der Waals surface area contributed by atoms with Gasteiger partial charge in [-0.15, -0.1) is 11.3 Å². The molecule has 36 heteroatoms. The molecule has 8 aliphatic heterocycles. The summed E-state index contributed by atoms with van der Waals surface area (Å²) in [6, 6.07) is 33.1. The summed E-state index contributed by atoms with van der Waals surface area (Å²) < 4.78 is 20.7. The third-order valence-corrected chi connectivity index (χ3v) is 21.1. The van der Waals surface area contributed by atoms with Crippen LogP contribution in [-0.2, 0) is 45.4 Å². The number of hydrogen-bond acceptors (Lipinski definition) is 23. The van der Waals surface area contributed by atoms with Crippen LogP contribution in [0, 0.1) is 58.7 Å². The number of thiophene rings is 1. The predicted molar refractivity (Wildman–Crippen MR) is 424 cm³/mol. The van der Waals surface area contributed by atoms with Crippen LogP contribution in [0.25, 0.3) is 0 Å². The molecule has 17 amide bonds. The number of aromatic nitrogens is 2. The number of carbonyl (C=O) groups is 13. The standard InChI is InChI=1S/C25H22N4O5.2C20H16N4O5.C20H14N4O4S/c1-34-19-9-6-17-13-29(22(31)20(17)12-19)14-25(23(32)27-24(33)28-25)11-10-15-2-4-16(5-3-15)21(30)26-18-7-8-18;2*1-29-15-3-2-13-10-24(17(26)16(13)7-15)11-20(18(27)22-19(28)23-20)5-4-12-6-14(25)9-21-8-12;1-28-13-3-2-12-10-24(17(25)16(12)8-13)11-20(18(26)22-19(27)23-20)7-6-14-4-5-15(9-21)29-14/h2-6,9,12,18H,7-8,13-14H2,1H3,(H,26,30)(H2,27,28,32,33);2*2-3,6-9,25H,10-11H2,1H3,(H2,22,23,27,28);2-5,8H,10-11H2,1H3,(H2,22,23,26,27)/t25-;3*20-/m1101/s1. The second-order valence-electron chi connectivity index (χ2n) is 28.5. The molecule has 11 heterocycles. The number of amides is 17. The third-order valence-electron chi connectivity index (χ3n) is 20.1. The predicted octanol–water partition coefficient (Wildman–Crippen LogP) is 3.15. The zero-order chi connectivity index (χ0) is 85.7. The van der Waals surface area contributed by atoms with E-state index in [1.807, 2.05) is 6.07 Å². The summed E-state index contributed by atoms with van der Waals surface area (Å²) in [4.78, 5) is 176. The van der Waals surface area contributed by atoms with Crippen LogP contribution < -0.4 is 66.8 Å². The van der Waals surface area contributed by atoms with E-state index >= 15 is 0 Å². The maximum Gasteiger partial charge on any atom is 0.323 e. The summed E-state index contributed by atoms with van der Waals surface area (Å²) in [5, 5.41) is 49.9. The van der Waals surface area contributed by atoms with Crippen LogP contribution in [0.4, 0.5) is 19.2 Å². The maximum absolute atomic E-state index is 13.0. The number of rotatable bonds is 14. The first kappa shape index (κ1) is 81.3. The first-order chi connectivity index (χ1) is 58.1. The zero-order valence-corrected chi connectivity index (χ0v) is 65.2. The smallest absolute Gasteiger partial charge is 0.323 e. The molecule has 35 nitrogen and oxygen atoms in total. The van der Waals surface area contributed by atoms with Gasteiger partial charge >= 0.3 is 24.1 Å². The average Bonchev–Trinajstić information content (AvgIpc) is 1.63. The summed E-state index contributed by atoms with van der Waals surface area (Å²) in [5.74, 6) is 20.7. The number of pyridine rings is 2. The topological polar surface area (TPSA) is 470 Å². The number of benzene rings is 5. The van der Waals surface area contributed by atoms with Crippen LogP contribution in [-0.4, -0.2) is 200 Å². The lowest BCUT2D eigenvalue weighted by atomic mass is 9.99. The van der Waals surface area contributed by atoms with Crippen molar-refractivity contribution in [2.24, 2.45) is 0 Å². The van der Waals surface area contributed by atoms with Crippen molar-refractivity contribution in [2.75, 3.05) is 54.6 Å². The number of nitrogens with one attached hydrogen (secondary N) is 9. The summed E-state index contributed by atoms with van der Waals surface area (Å²) in [6.07, 6.45) is 7.34. The molecule has 17 rings (SSSR count). The van der Waals surface area contributed by atoms with Crippen LogP contribution in [0.1, 0.15) is 113 Å². The van der Waals surface area contributed by atoms with Gasteiger partial charge < -0.3 is 75.3 Å². The number of fused-ring (bicyclic) bond motifs is 4. The molecule has 1 aliphatic carbocycles. The highest BCUT2D eigenvalue weighted by Gasteiger charge is 2.53. The number of aromatic hydroxyl groups is 2. The van der Waals surface area contributed by atoms with E-state index in [9.17, 15) is 72.5 Å². The number of hydrogen-bond donors (Lipinski definition) is 11. The molecule has 0 spiro atoms. The highest BCUT2D eigenvalue weighted by Crippen LogP contribution is 2.34. The van der Waals surface area contributed by atoms with Gasteiger partial charge in [-0.3, -0.25) is 74.4 Å². The Hall–Kier alpha value is -16.3. The van der Waals surface area contributed by atoms with E-state index in [-0.39, 0.29) is 92.9 Å². The van der Waals surface area contributed by atoms with Gasteiger partial charge in [-0.25, -0.2) is 19.2 Å². The summed E-state index contributed by atoms with van der Waals surface area (Å²) in [7, 11) is 6.06. The molecule has 8 aromatic rings. The van der Waals surface area contributed by atoms with Crippen molar-refractivity contribution in [1.82, 2.24) is 77.4 Å². The Morgan fingerprint density at radius 1 is 0.430 bits per heavy atom. The Morgan fingerprint density at radius 2 is 0.744 bits per heavy atom. The molecule has 608 valence electrons. The second-order valence-corrected chi connectivity index (χ2v) is 29.5. The maximum atomic E-state index is 13.0. The number of urea groups is 4. The molecule has 9 aliphatic rings. The Bertz CT molecular complexity index is 5920. The van der Waals surface area contributed by atoms with Crippen LogP contribution in [0.15, 0.2) is 146 Å². The van der Waals surface area contributed by atoms with E-state index < -0.39 is 69.9 Å². The van der Waals surface area contributed by atoms with Crippen LogP contribution in [0.5, 0.6) is 34.5 Å². The molecule has 3 aromatic heterocycles. The fourth-order valence-electron chi connectivity index (χ4n) is 13.8. The normalized spacial score (nSPS) is 20.1. The molecule has 0 unspecified atom stereocenters. The molecular formula is C85H68N16O19S. The monoisotopic (exact) mass is 1650 g/mol. The highest BCUT2D eigenvalue weighted by atomic mass is 32.1. The summed E-state index contributed by atoms with van der Waals surface area (Å²) >= 11 is 1.18. The molecule has 5 aromatic carbocycles. The number of imide groups is 4. The van der Waals surface area contributed by atoms with Crippen LogP contribution >= 0.6 is 11.3 Å². The van der Waals surface area contributed by atoms with E-state index in [1.165, 1.54) is 96.3 Å². The van der Waals surface area contributed by atoms with E-state index in [2.05, 4.69) is 105 Å². The molecule has 0 bridgehead atoms. The minimum Gasteiger partial charge on any atom is -0.506 e. The molecular weight excluding hydrogens is 1580 g/mol. The number of methoxy groups -OCH3 is 4. The molecule has 0 radical (unpaired) electrons. The minimum absolute atomic E-state index is 0.0788. The van der Waals surface area contributed by atoms with Crippen LogP contribution in [0.3, 0.4) is 0 Å². The van der Waals surface area contributed by atoms with Gasteiger partial charge in [-0.2, -0.15) is 5.26 Å². The minimum atomic E-state index is -1.62. The van der Waals surface area contributed by atoms with Crippen molar-refractivity contribution in [3.63, 3.8) is 0 Å². The Labute approximate surface area is 691 Å². The van der Waals surface area contributed by atoms with Crippen molar-refractivity contribution >= 4 is 88.6 Å². The quantitative estimate of drug-likeness (QED) is 0.0550. The fraction of sp³-hybridized carbons (Fsp3) is 0.224. The fourth-order valence-corrected chi connectivity index (χ4v) is 14.5. The highest BCUT2D eigenvalue weighted by molar-refractivity contribution is 7.13. The van der Waals surface area contributed by atoms with Gasteiger partial charge in [0.15, 0.2) is 0 Å². The lowest BCUT2D eigenvalue weighted by Crippen LogP contribution is -2.54. The number of ether oxygens (including phenoxy) is 4. The zero-order valence-electron chi connectivity index (χ0n) is 64.4. The Morgan fingerprint density at radius 3 is 1.02 bits per heavy atom. The molecule has 4 atom stereocenters. The van der Waals surface area contributed by atoms with Gasteiger partial charge in [0.25, 0.3) is 53.2 Å².